The van der Waals surface area contributed by atoms with Crippen LogP contribution in [0.25, 0.3) is 0 Å². The average molecular weight is 302 g/mol. The monoisotopic (exact) mass is 302 g/mol. The van der Waals surface area contributed by atoms with Crippen molar-refractivity contribution in [3.8, 4) is 0 Å². The van der Waals surface area contributed by atoms with Gasteiger partial charge in [-0.05, 0) is 52.1 Å². The number of rotatable bonds is 5. The molecule has 0 N–H and O–H groups in total. The molecule has 2 aromatic heterocycles. The zero-order valence-corrected chi connectivity index (χ0v) is 13.9. The van der Waals surface area contributed by atoms with Gasteiger partial charge >= 0.3 is 0 Å². The first kappa shape index (κ1) is 15.2. The van der Waals surface area contributed by atoms with Crippen LogP contribution in [0.1, 0.15) is 37.1 Å². The fourth-order valence-corrected chi connectivity index (χ4v) is 3.43. The van der Waals surface area contributed by atoms with Gasteiger partial charge in [0.05, 0.1) is 5.69 Å². The Morgan fingerprint density at radius 1 is 1.27 bits per heavy atom. The molecule has 1 aliphatic heterocycles. The first-order chi connectivity index (χ1) is 10.7. The highest BCUT2D eigenvalue weighted by Crippen LogP contribution is 2.20. The fourth-order valence-electron chi connectivity index (χ4n) is 3.43. The predicted octanol–water partition coefficient (Wildman–Crippen LogP) is 2.02. The Morgan fingerprint density at radius 2 is 2.14 bits per heavy atom. The molecule has 1 aliphatic rings. The van der Waals surface area contributed by atoms with Crippen LogP contribution in [0, 0.1) is 19.8 Å². The van der Waals surface area contributed by atoms with Gasteiger partial charge in [0.25, 0.3) is 0 Å². The second kappa shape index (κ2) is 6.60. The predicted molar refractivity (Wildman–Crippen MR) is 85.4 cm³/mol. The third-order valence-electron chi connectivity index (χ3n) is 4.49. The highest BCUT2D eigenvalue weighted by molar-refractivity contribution is 5.00. The molecule has 1 atom stereocenters. The van der Waals surface area contributed by atoms with Gasteiger partial charge in [0, 0.05) is 32.4 Å². The normalized spacial score (nSPS) is 19.7. The fraction of sp³-hybridized carbons (Fsp3) is 0.688. The van der Waals surface area contributed by atoms with Gasteiger partial charge in [0.1, 0.15) is 11.6 Å². The molecule has 6 heteroatoms. The Hall–Kier alpha value is -1.69. The molecule has 1 fully saturated rings. The SMILES string of the molecule is CCn1nccc1CN1CCCC(Cn2nc(C)nc2C)C1. The van der Waals surface area contributed by atoms with E-state index >= 15 is 0 Å². The minimum absolute atomic E-state index is 0.659. The zero-order valence-electron chi connectivity index (χ0n) is 13.9. The second-order valence-corrected chi connectivity index (χ2v) is 6.27. The van der Waals surface area contributed by atoms with Crippen molar-refractivity contribution < 1.29 is 0 Å². The van der Waals surface area contributed by atoms with E-state index in [0.717, 1.165) is 37.8 Å². The number of nitrogens with zero attached hydrogens (tertiary/aromatic N) is 6. The van der Waals surface area contributed by atoms with Crippen LogP contribution >= 0.6 is 0 Å². The molecule has 0 amide bonds. The highest BCUT2D eigenvalue weighted by atomic mass is 15.3. The molecule has 2 aromatic rings. The summed E-state index contributed by atoms with van der Waals surface area (Å²) >= 11 is 0. The van der Waals surface area contributed by atoms with Crippen LogP contribution in [-0.2, 0) is 19.6 Å². The molecule has 1 saturated heterocycles. The molecule has 0 spiro atoms. The van der Waals surface area contributed by atoms with Crippen molar-refractivity contribution in [1.82, 2.24) is 29.4 Å². The first-order valence-corrected chi connectivity index (χ1v) is 8.26. The molecule has 6 nitrogen and oxygen atoms in total. The van der Waals surface area contributed by atoms with Crippen LogP contribution in [-0.4, -0.2) is 42.5 Å². The van der Waals surface area contributed by atoms with Gasteiger partial charge in [-0.15, -0.1) is 0 Å². The summed E-state index contributed by atoms with van der Waals surface area (Å²) in [7, 11) is 0. The molecular formula is C16H26N6. The van der Waals surface area contributed by atoms with Gasteiger partial charge in [0.2, 0.25) is 0 Å². The summed E-state index contributed by atoms with van der Waals surface area (Å²) in [6.45, 7) is 11.4. The van der Waals surface area contributed by atoms with Crippen molar-refractivity contribution in [2.75, 3.05) is 13.1 Å². The number of hydrogen-bond donors (Lipinski definition) is 0. The lowest BCUT2D eigenvalue weighted by Gasteiger charge is -2.32. The van der Waals surface area contributed by atoms with E-state index in [1.807, 2.05) is 20.0 Å². The van der Waals surface area contributed by atoms with Crippen LogP contribution in [0.15, 0.2) is 12.3 Å². The van der Waals surface area contributed by atoms with Crippen molar-refractivity contribution in [3.63, 3.8) is 0 Å². The Labute approximate surface area is 132 Å². The Balaban J connectivity index is 1.60. The standard InChI is InChI=1S/C16H26N6/c1-4-21-16(7-8-17-21)12-20-9-5-6-15(10-20)11-22-14(3)18-13(2)19-22/h7-8,15H,4-6,9-12H2,1-3H3. The smallest absolute Gasteiger partial charge is 0.147 e. The maximum absolute atomic E-state index is 4.51. The summed E-state index contributed by atoms with van der Waals surface area (Å²) in [6.07, 6.45) is 4.45. The number of likely N-dealkylation sites (tertiary alicyclic amines) is 1. The average Bonchev–Trinajstić information content (AvgIpc) is 3.06. The van der Waals surface area contributed by atoms with Crippen LogP contribution in [0.5, 0.6) is 0 Å². The van der Waals surface area contributed by atoms with Gasteiger partial charge in [-0.3, -0.25) is 9.58 Å². The molecule has 0 aromatic carbocycles. The summed E-state index contributed by atoms with van der Waals surface area (Å²) in [6, 6.07) is 2.14. The number of hydrogen-bond acceptors (Lipinski definition) is 4. The molecule has 22 heavy (non-hydrogen) atoms. The molecule has 0 bridgehead atoms. The largest absolute Gasteiger partial charge is 0.297 e. The number of piperidine rings is 1. The van der Waals surface area contributed by atoms with E-state index in [2.05, 4.69) is 42.4 Å². The third-order valence-corrected chi connectivity index (χ3v) is 4.49. The molecule has 3 heterocycles. The maximum Gasteiger partial charge on any atom is 0.147 e. The maximum atomic E-state index is 4.51. The van der Waals surface area contributed by atoms with Gasteiger partial charge in [-0.25, -0.2) is 9.67 Å². The van der Waals surface area contributed by atoms with E-state index in [0.29, 0.717) is 5.92 Å². The number of aryl methyl sites for hydroxylation is 3. The summed E-state index contributed by atoms with van der Waals surface area (Å²) in [4.78, 5) is 6.96. The lowest BCUT2D eigenvalue weighted by atomic mass is 9.98. The van der Waals surface area contributed by atoms with Crippen molar-refractivity contribution in [1.29, 1.82) is 0 Å². The lowest BCUT2D eigenvalue weighted by Crippen LogP contribution is -2.37. The van der Waals surface area contributed by atoms with Crippen LogP contribution in [0.4, 0.5) is 0 Å². The quantitative estimate of drug-likeness (QED) is 0.848. The summed E-state index contributed by atoms with van der Waals surface area (Å²) in [5, 5.41) is 8.87. The van der Waals surface area contributed by atoms with Gasteiger partial charge in [0.15, 0.2) is 0 Å². The minimum Gasteiger partial charge on any atom is -0.297 e. The van der Waals surface area contributed by atoms with Crippen molar-refractivity contribution >= 4 is 0 Å². The molecule has 0 saturated carbocycles. The highest BCUT2D eigenvalue weighted by Gasteiger charge is 2.22. The number of aromatic nitrogens is 5. The third kappa shape index (κ3) is 3.38. The van der Waals surface area contributed by atoms with Crippen LogP contribution in [0.3, 0.4) is 0 Å². The van der Waals surface area contributed by atoms with E-state index in [1.165, 1.54) is 25.1 Å². The van der Waals surface area contributed by atoms with E-state index < -0.39 is 0 Å². The molecule has 3 rings (SSSR count). The van der Waals surface area contributed by atoms with Crippen LogP contribution < -0.4 is 0 Å². The lowest BCUT2D eigenvalue weighted by molar-refractivity contribution is 0.149. The Kier molecular flexibility index (Phi) is 4.57. The van der Waals surface area contributed by atoms with Gasteiger partial charge < -0.3 is 0 Å². The van der Waals surface area contributed by atoms with E-state index in [1.54, 1.807) is 0 Å². The second-order valence-electron chi connectivity index (χ2n) is 6.27. The molecule has 0 radical (unpaired) electrons. The van der Waals surface area contributed by atoms with E-state index in [4.69, 9.17) is 0 Å². The Morgan fingerprint density at radius 3 is 2.86 bits per heavy atom. The molecule has 120 valence electrons. The first-order valence-electron chi connectivity index (χ1n) is 8.26. The summed E-state index contributed by atoms with van der Waals surface area (Å²) in [5.74, 6) is 2.56. The topological polar surface area (TPSA) is 51.8 Å². The zero-order chi connectivity index (χ0) is 15.5. The Bertz CT molecular complexity index is 614. The van der Waals surface area contributed by atoms with Crippen molar-refractivity contribution in [2.24, 2.45) is 5.92 Å². The summed E-state index contributed by atoms with van der Waals surface area (Å²) in [5.41, 5.74) is 1.32. The summed E-state index contributed by atoms with van der Waals surface area (Å²) < 4.78 is 4.16. The van der Waals surface area contributed by atoms with E-state index in [-0.39, 0.29) is 0 Å². The molecule has 0 aliphatic carbocycles. The molecule has 1 unspecified atom stereocenters. The van der Waals surface area contributed by atoms with Crippen molar-refractivity contribution in [2.45, 2.75) is 53.2 Å². The van der Waals surface area contributed by atoms with Crippen molar-refractivity contribution in [3.05, 3.63) is 29.6 Å². The van der Waals surface area contributed by atoms with Crippen LogP contribution in [0.2, 0.25) is 0 Å². The minimum atomic E-state index is 0.659. The van der Waals surface area contributed by atoms with E-state index in [9.17, 15) is 0 Å². The van der Waals surface area contributed by atoms with Gasteiger partial charge in [-0.1, -0.05) is 0 Å². The molecular weight excluding hydrogens is 276 g/mol. The van der Waals surface area contributed by atoms with Gasteiger partial charge in [-0.2, -0.15) is 10.2 Å².